The minimum Gasteiger partial charge on any atom is -0.315 e. The number of aromatic nitrogens is 5. The van der Waals surface area contributed by atoms with E-state index < -0.39 is 0 Å². The number of nitrogens with zero attached hydrogens (tertiary/aromatic N) is 6. The molecule has 0 radical (unpaired) electrons. The first-order valence-electron chi connectivity index (χ1n) is 8.69. The molecule has 0 atom stereocenters. The predicted octanol–water partition coefficient (Wildman–Crippen LogP) is 2.71. The fourth-order valence-corrected chi connectivity index (χ4v) is 3.27. The van der Waals surface area contributed by atoms with E-state index in [1.54, 1.807) is 27.5 Å². The zero-order valence-electron chi connectivity index (χ0n) is 15.1. The monoisotopic (exact) mass is 382 g/mol. The number of benzene rings is 1. The van der Waals surface area contributed by atoms with E-state index in [1.807, 2.05) is 38.4 Å². The summed E-state index contributed by atoms with van der Waals surface area (Å²) in [6.45, 7) is 1.58. The highest BCUT2D eigenvalue weighted by molar-refractivity contribution is 6.33. The fraction of sp³-hybridized carbons (Fsp3) is 0.263. The SMILES string of the molecule is CN(C)CCCn1ccc2c(cnc3nc(-c4ccccc4Cl)nn32)c1=O. The van der Waals surface area contributed by atoms with E-state index in [4.69, 9.17) is 11.6 Å². The molecule has 0 unspecified atom stereocenters. The molecule has 0 aliphatic heterocycles. The van der Waals surface area contributed by atoms with Crippen molar-refractivity contribution in [3.8, 4) is 11.4 Å². The molecular weight excluding hydrogens is 364 g/mol. The first kappa shape index (κ1) is 17.6. The lowest BCUT2D eigenvalue weighted by Gasteiger charge is -2.11. The van der Waals surface area contributed by atoms with Gasteiger partial charge in [0, 0.05) is 24.5 Å². The van der Waals surface area contributed by atoms with Gasteiger partial charge >= 0.3 is 0 Å². The van der Waals surface area contributed by atoms with Crippen LogP contribution in [0.4, 0.5) is 0 Å². The van der Waals surface area contributed by atoms with Crippen LogP contribution in [0, 0.1) is 0 Å². The largest absolute Gasteiger partial charge is 0.315 e. The quantitative estimate of drug-likeness (QED) is 0.531. The predicted molar refractivity (Wildman–Crippen MR) is 106 cm³/mol. The van der Waals surface area contributed by atoms with Gasteiger partial charge in [-0.2, -0.15) is 9.50 Å². The van der Waals surface area contributed by atoms with E-state index in [0.717, 1.165) is 18.5 Å². The summed E-state index contributed by atoms with van der Waals surface area (Å²) in [5.41, 5.74) is 1.34. The van der Waals surface area contributed by atoms with Crippen molar-refractivity contribution in [3.05, 3.63) is 58.1 Å². The number of rotatable bonds is 5. The van der Waals surface area contributed by atoms with Gasteiger partial charge in [-0.05, 0) is 45.3 Å². The Hall–Kier alpha value is -2.77. The van der Waals surface area contributed by atoms with Crippen molar-refractivity contribution in [2.75, 3.05) is 20.6 Å². The zero-order valence-corrected chi connectivity index (χ0v) is 15.9. The van der Waals surface area contributed by atoms with Crippen molar-refractivity contribution in [2.45, 2.75) is 13.0 Å². The minimum atomic E-state index is -0.0737. The number of hydrogen-bond donors (Lipinski definition) is 0. The zero-order chi connectivity index (χ0) is 19.0. The Morgan fingerprint density at radius 3 is 2.78 bits per heavy atom. The number of hydrogen-bond acceptors (Lipinski definition) is 5. The molecule has 0 bridgehead atoms. The van der Waals surface area contributed by atoms with Crippen molar-refractivity contribution in [2.24, 2.45) is 0 Å². The van der Waals surface area contributed by atoms with Crippen LogP contribution < -0.4 is 5.56 Å². The number of halogens is 1. The van der Waals surface area contributed by atoms with Crippen LogP contribution in [0.1, 0.15) is 6.42 Å². The maximum atomic E-state index is 12.8. The van der Waals surface area contributed by atoms with Crippen LogP contribution in [0.15, 0.2) is 47.5 Å². The Kier molecular flexibility index (Phi) is 4.63. The standard InChI is InChI=1S/C19H19ClN6O/c1-24(2)9-5-10-25-11-8-16-14(18(25)27)12-21-19-22-17(23-26(16)19)13-6-3-4-7-15(13)20/h3-4,6-8,11-12H,5,9-10H2,1-2H3. The van der Waals surface area contributed by atoms with Crippen LogP contribution in [0.5, 0.6) is 0 Å². The van der Waals surface area contributed by atoms with Gasteiger partial charge in [-0.25, -0.2) is 4.98 Å². The highest BCUT2D eigenvalue weighted by atomic mass is 35.5. The molecule has 4 rings (SSSR count). The summed E-state index contributed by atoms with van der Waals surface area (Å²) in [5, 5.41) is 5.62. The Morgan fingerprint density at radius 1 is 1.19 bits per heavy atom. The third kappa shape index (κ3) is 3.31. The van der Waals surface area contributed by atoms with Gasteiger partial charge in [-0.15, -0.1) is 5.10 Å². The lowest BCUT2D eigenvalue weighted by Crippen LogP contribution is -2.23. The molecular formula is C19H19ClN6O. The Bertz CT molecular complexity index is 1180. The molecule has 27 heavy (non-hydrogen) atoms. The van der Waals surface area contributed by atoms with E-state index in [-0.39, 0.29) is 5.56 Å². The van der Waals surface area contributed by atoms with Crippen molar-refractivity contribution >= 4 is 28.3 Å². The summed E-state index contributed by atoms with van der Waals surface area (Å²) >= 11 is 6.25. The smallest absolute Gasteiger partial charge is 0.261 e. The second-order valence-electron chi connectivity index (χ2n) is 6.66. The second-order valence-corrected chi connectivity index (χ2v) is 7.06. The maximum Gasteiger partial charge on any atom is 0.261 e. The summed E-state index contributed by atoms with van der Waals surface area (Å²) in [4.78, 5) is 23.7. The van der Waals surface area contributed by atoms with Crippen LogP contribution in [-0.4, -0.2) is 49.7 Å². The molecule has 138 valence electrons. The summed E-state index contributed by atoms with van der Waals surface area (Å²) in [7, 11) is 4.04. The maximum absolute atomic E-state index is 12.8. The molecule has 0 aliphatic rings. The van der Waals surface area contributed by atoms with Crippen LogP contribution in [0.3, 0.4) is 0 Å². The molecule has 4 aromatic rings. The summed E-state index contributed by atoms with van der Waals surface area (Å²) < 4.78 is 3.31. The average Bonchev–Trinajstić information content (AvgIpc) is 3.08. The Morgan fingerprint density at radius 2 is 2.00 bits per heavy atom. The molecule has 0 saturated carbocycles. The van der Waals surface area contributed by atoms with Gasteiger partial charge in [0.05, 0.1) is 15.9 Å². The van der Waals surface area contributed by atoms with Crippen LogP contribution in [0.25, 0.3) is 28.1 Å². The van der Waals surface area contributed by atoms with Gasteiger partial charge in [0.15, 0.2) is 5.82 Å². The molecule has 0 spiro atoms. The average molecular weight is 383 g/mol. The summed E-state index contributed by atoms with van der Waals surface area (Å²) in [6, 6.07) is 9.27. The molecule has 0 fully saturated rings. The molecule has 3 heterocycles. The molecule has 0 amide bonds. The Balaban J connectivity index is 1.79. The molecule has 0 N–H and O–H groups in total. The Labute approximate surface area is 160 Å². The highest BCUT2D eigenvalue weighted by Crippen LogP contribution is 2.25. The molecule has 7 nitrogen and oxygen atoms in total. The van der Waals surface area contributed by atoms with E-state index >= 15 is 0 Å². The molecule has 8 heteroatoms. The van der Waals surface area contributed by atoms with Crippen molar-refractivity contribution in [1.82, 2.24) is 29.0 Å². The van der Waals surface area contributed by atoms with Crippen molar-refractivity contribution < 1.29 is 0 Å². The summed E-state index contributed by atoms with van der Waals surface area (Å²) in [6.07, 6.45) is 4.27. The van der Waals surface area contributed by atoms with Gasteiger partial charge in [0.2, 0.25) is 0 Å². The van der Waals surface area contributed by atoms with Crippen LogP contribution >= 0.6 is 11.6 Å². The van der Waals surface area contributed by atoms with Crippen molar-refractivity contribution in [1.29, 1.82) is 0 Å². The number of pyridine rings is 1. The topological polar surface area (TPSA) is 68.3 Å². The van der Waals surface area contributed by atoms with Crippen LogP contribution in [-0.2, 0) is 6.54 Å². The van der Waals surface area contributed by atoms with E-state index in [1.165, 1.54) is 0 Å². The number of fused-ring (bicyclic) bond motifs is 3. The van der Waals surface area contributed by atoms with Gasteiger partial charge in [-0.3, -0.25) is 4.79 Å². The third-order valence-electron chi connectivity index (χ3n) is 4.43. The normalized spacial score (nSPS) is 11.7. The van der Waals surface area contributed by atoms with E-state index in [2.05, 4.69) is 20.0 Å². The molecule has 0 saturated heterocycles. The third-order valence-corrected chi connectivity index (χ3v) is 4.76. The van der Waals surface area contributed by atoms with Gasteiger partial charge in [-0.1, -0.05) is 23.7 Å². The molecule has 1 aromatic carbocycles. The summed E-state index contributed by atoms with van der Waals surface area (Å²) in [5.74, 6) is 0.915. The molecule has 3 aromatic heterocycles. The highest BCUT2D eigenvalue weighted by Gasteiger charge is 2.14. The van der Waals surface area contributed by atoms with Gasteiger partial charge < -0.3 is 9.47 Å². The second kappa shape index (κ2) is 7.09. The lowest BCUT2D eigenvalue weighted by molar-refractivity contribution is 0.385. The van der Waals surface area contributed by atoms with Gasteiger partial charge in [0.1, 0.15) is 0 Å². The lowest BCUT2D eigenvalue weighted by atomic mass is 10.2. The van der Waals surface area contributed by atoms with Crippen LogP contribution in [0.2, 0.25) is 5.02 Å². The van der Waals surface area contributed by atoms with E-state index in [9.17, 15) is 4.79 Å². The van der Waals surface area contributed by atoms with Gasteiger partial charge in [0.25, 0.3) is 11.3 Å². The minimum absolute atomic E-state index is 0.0737. The molecule has 0 aliphatic carbocycles. The fourth-order valence-electron chi connectivity index (χ4n) is 3.05. The first-order chi connectivity index (χ1) is 13.0. The first-order valence-corrected chi connectivity index (χ1v) is 9.07. The number of aryl methyl sites for hydroxylation is 1. The van der Waals surface area contributed by atoms with Crippen molar-refractivity contribution in [3.63, 3.8) is 0 Å². The van der Waals surface area contributed by atoms with E-state index in [0.29, 0.717) is 34.1 Å².